The van der Waals surface area contributed by atoms with Crippen LogP contribution in [-0.2, 0) is 20.8 Å². The van der Waals surface area contributed by atoms with Crippen LogP contribution in [0, 0.1) is 22.0 Å². The predicted molar refractivity (Wildman–Crippen MR) is 142 cm³/mol. The fraction of sp³-hybridized carbons (Fsp3) is 0.241. The summed E-state index contributed by atoms with van der Waals surface area (Å²) in [6.07, 6.45) is -0.219. The first-order valence-corrected chi connectivity index (χ1v) is 12.4. The lowest BCUT2D eigenvalue weighted by molar-refractivity contribution is -0.384. The molecule has 2 aliphatic rings. The zero-order chi connectivity index (χ0) is 28.8. The lowest BCUT2D eigenvalue weighted by atomic mass is 9.76. The number of nitro groups is 1. The van der Waals surface area contributed by atoms with Crippen LogP contribution in [0.4, 0.5) is 11.4 Å². The van der Waals surface area contributed by atoms with Crippen molar-refractivity contribution >= 4 is 34.9 Å². The number of imide groups is 1. The lowest BCUT2D eigenvalue weighted by Crippen LogP contribution is -2.57. The van der Waals surface area contributed by atoms with Crippen LogP contribution in [-0.4, -0.2) is 46.2 Å². The van der Waals surface area contributed by atoms with Gasteiger partial charge in [-0.25, -0.2) is 4.90 Å². The topological polar surface area (TPSA) is 156 Å². The number of methoxy groups -OCH3 is 1. The minimum absolute atomic E-state index is 0.162. The van der Waals surface area contributed by atoms with Gasteiger partial charge in [0.2, 0.25) is 11.8 Å². The number of carbonyl (C=O) groups excluding carboxylic acids is 3. The Kier molecular flexibility index (Phi) is 6.68. The van der Waals surface area contributed by atoms with Crippen molar-refractivity contribution in [3.05, 3.63) is 99.6 Å². The number of carbonyl (C=O) groups is 4. The molecular formula is C29H25N3O8. The fourth-order valence-electron chi connectivity index (χ4n) is 5.79. The van der Waals surface area contributed by atoms with Crippen molar-refractivity contribution in [2.75, 3.05) is 12.0 Å². The molecular weight excluding hydrogens is 518 g/mol. The van der Waals surface area contributed by atoms with Gasteiger partial charge in [0.1, 0.15) is 11.3 Å². The highest BCUT2D eigenvalue weighted by molar-refractivity contribution is 6.24. The first kappa shape index (κ1) is 26.7. The Morgan fingerprint density at radius 2 is 1.68 bits per heavy atom. The molecule has 2 amide bonds. The van der Waals surface area contributed by atoms with Gasteiger partial charge in [-0.2, -0.15) is 0 Å². The number of ketones is 1. The summed E-state index contributed by atoms with van der Waals surface area (Å²) in [6.45, 7) is 1.40. The Bertz CT molecular complexity index is 1540. The van der Waals surface area contributed by atoms with Crippen molar-refractivity contribution in [1.29, 1.82) is 0 Å². The molecule has 3 aromatic carbocycles. The third kappa shape index (κ3) is 4.20. The van der Waals surface area contributed by atoms with E-state index in [1.807, 2.05) is 0 Å². The third-order valence-corrected chi connectivity index (χ3v) is 7.67. The zero-order valence-corrected chi connectivity index (χ0v) is 21.6. The van der Waals surface area contributed by atoms with Crippen LogP contribution in [0.1, 0.15) is 34.5 Å². The second-order valence-electron chi connectivity index (χ2n) is 9.86. The normalized spacial score (nSPS) is 23.6. The van der Waals surface area contributed by atoms with E-state index in [-0.39, 0.29) is 23.6 Å². The molecule has 11 nitrogen and oxygen atoms in total. The van der Waals surface area contributed by atoms with E-state index < -0.39 is 46.1 Å². The van der Waals surface area contributed by atoms with Crippen LogP contribution in [0.25, 0.3) is 0 Å². The maximum atomic E-state index is 14.0. The van der Waals surface area contributed by atoms with Crippen molar-refractivity contribution in [3.8, 4) is 5.75 Å². The molecule has 0 aromatic heterocycles. The molecule has 2 aliphatic heterocycles. The van der Waals surface area contributed by atoms with Gasteiger partial charge in [-0.15, -0.1) is 0 Å². The number of para-hydroxylation sites is 1. The fourth-order valence-corrected chi connectivity index (χ4v) is 5.79. The van der Waals surface area contributed by atoms with E-state index in [4.69, 9.17) is 4.74 Å². The summed E-state index contributed by atoms with van der Waals surface area (Å²) < 4.78 is 5.50. The predicted octanol–water partition coefficient (Wildman–Crippen LogP) is 3.32. The molecule has 3 aromatic rings. The van der Waals surface area contributed by atoms with Gasteiger partial charge in [-0.05, 0) is 42.8 Å². The average molecular weight is 544 g/mol. The molecule has 0 radical (unpaired) electrons. The van der Waals surface area contributed by atoms with E-state index in [1.54, 1.807) is 24.3 Å². The average Bonchev–Trinajstić information content (AvgIpc) is 3.42. The third-order valence-electron chi connectivity index (χ3n) is 7.67. The molecule has 4 unspecified atom stereocenters. The number of nitrogens with zero attached hydrogens (tertiary/aromatic N) is 2. The highest BCUT2D eigenvalue weighted by Gasteiger charge is 2.68. The number of nitrogens with one attached hydrogen (secondary N) is 1. The number of aliphatic carboxylic acids is 1. The summed E-state index contributed by atoms with van der Waals surface area (Å²) >= 11 is 0. The highest BCUT2D eigenvalue weighted by Crippen LogP contribution is 2.52. The van der Waals surface area contributed by atoms with Crippen LogP contribution in [0.15, 0.2) is 72.8 Å². The number of hydrogen-bond donors (Lipinski definition) is 2. The summed E-state index contributed by atoms with van der Waals surface area (Å²) in [6, 6.07) is 17.3. The summed E-state index contributed by atoms with van der Waals surface area (Å²) in [5.74, 6) is -4.79. The number of nitro benzene ring substituents is 1. The summed E-state index contributed by atoms with van der Waals surface area (Å²) in [7, 11) is 1.46. The number of carboxylic acid groups (broad SMARTS) is 1. The largest absolute Gasteiger partial charge is 0.496 e. The van der Waals surface area contributed by atoms with Gasteiger partial charge < -0.3 is 9.84 Å². The Morgan fingerprint density at radius 1 is 1.02 bits per heavy atom. The van der Waals surface area contributed by atoms with Crippen LogP contribution < -0.4 is 15.0 Å². The molecule has 2 heterocycles. The van der Waals surface area contributed by atoms with E-state index >= 15 is 0 Å². The van der Waals surface area contributed by atoms with Gasteiger partial charge in [0.05, 0.1) is 29.6 Å². The molecule has 11 heteroatoms. The quantitative estimate of drug-likeness (QED) is 0.188. The number of Topliss-reactive ketones (excluding diaryl/α,β-unsaturated/α-hetero) is 1. The van der Waals surface area contributed by atoms with Gasteiger partial charge in [-0.3, -0.25) is 34.6 Å². The maximum absolute atomic E-state index is 14.0. The van der Waals surface area contributed by atoms with Gasteiger partial charge >= 0.3 is 5.97 Å². The number of carboxylic acids is 1. The minimum Gasteiger partial charge on any atom is -0.496 e. The molecule has 40 heavy (non-hydrogen) atoms. The monoisotopic (exact) mass is 543 g/mol. The van der Waals surface area contributed by atoms with Crippen molar-refractivity contribution < 1.29 is 33.9 Å². The first-order valence-electron chi connectivity index (χ1n) is 12.4. The van der Waals surface area contributed by atoms with E-state index in [9.17, 15) is 34.4 Å². The van der Waals surface area contributed by atoms with Crippen LogP contribution >= 0.6 is 0 Å². The van der Waals surface area contributed by atoms with Crippen LogP contribution in [0.2, 0.25) is 0 Å². The molecule has 2 saturated heterocycles. The highest BCUT2D eigenvalue weighted by atomic mass is 16.6. The number of hydrogen-bond acceptors (Lipinski definition) is 8. The molecule has 204 valence electrons. The number of ether oxygens (including phenoxy) is 1. The zero-order valence-electron chi connectivity index (χ0n) is 21.6. The van der Waals surface area contributed by atoms with Crippen molar-refractivity contribution in [1.82, 2.24) is 5.32 Å². The Hall–Kier alpha value is -4.90. The Morgan fingerprint density at radius 3 is 2.25 bits per heavy atom. The molecule has 4 atom stereocenters. The smallest absolute Gasteiger partial charge is 0.325 e. The van der Waals surface area contributed by atoms with Crippen LogP contribution in [0.3, 0.4) is 0 Å². The summed E-state index contributed by atoms with van der Waals surface area (Å²) in [4.78, 5) is 64.4. The van der Waals surface area contributed by atoms with Gasteiger partial charge in [0.25, 0.3) is 5.69 Å². The Balaban J connectivity index is 1.64. The molecule has 0 saturated carbocycles. The van der Waals surface area contributed by atoms with E-state index in [1.165, 1.54) is 62.6 Å². The van der Waals surface area contributed by atoms with Crippen molar-refractivity contribution in [3.63, 3.8) is 0 Å². The van der Waals surface area contributed by atoms with E-state index in [0.29, 0.717) is 22.4 Å². The first-order chi connectivity index (χ1) is 19.1. The number of amides is 2. The number of anilines is 1. The van der Waals surface area contributed by atoms with E-state index in [2.05, 4.69) is 5.32 Å². The SMILES string of the molecule is COc1ccccc1C1NC(Cc2ccc([N+](=O)[O-])cc2)(C(=O)O)C2C(=O)N(c3ccc(C(C)=O)cc3)C(=O)C12. The van der Waals surface area contributed by atoms with Gasteiger partial charge in [0.15, 0.2) is 5.78 Å². The summed E-state index contributed by atoms with van der Waals surface area (Å²) in [5, 5.41) is 24.9. The van der Waals surface area contributed by atoms with E-state index in [0.717, 1.165) is 4.90 Å². The van der Waals surface area contributed by atoms with Crippen LogP contribution in [0.5, 0.6) is 5.75 Å². The molecule has 5 rings (SSSR count). The molecule has 0 spiro atoms. The molecule has 2 N–H and O–H groups in total. The number of non-ortho nitro benzene ring substituents is 1. The molecule has 2 fully saturated rings. The standard InChI is InChI=1S/C29H25N3O8/c1-16(33)18-9-13-19(14-10-18)31-26(34)23-24(27(31)35)29(28(36)37,15-17-7-11-20(12-8-17)32(38)39)30-25(23)21-5-3-4-6-22(21)40-2/h3-14,23-25,30H,15H2,1-2H3,(H,36,37). The number of benzene rings is 3. The van der Waals surface area contributed by atoms with Gasteiger partial charge in [-0.1, -0.05) is 30.3 Å². The number of fused-ring (bicyclic) bond motifs is 1. The minimum atomic E-state index is -1.92. The van der Waals surface area contributed by atoms with Gasteiger partial charge in [0, 0.05) is 35.7 Å². The molecule has 0 bridgehead atoms. The second kappa shape index (κ2) is 10.0. The summed E-state index contributed by atoms with van der Waals surface area (Å²) in [5.41, 5.74) is -0.513. The second-order valence-corrected chi connectivity index (χ2v) is 9.86. The lowest BCUT2D eigenvalue weighted by Gasteiger charge is -2.31. The number of rotatable bonds is 8. The molecule has 0 aliphatic carbocycles. The maximum Gasteiger partial charge on any atom is 0.325 e. The Labute approximate surface area is 228 Å². The van der Waals surface area contributed by atoms with Crippen molar-refractivity contribution in [2.45, 2.75) is 24.9 Å². The van der Waals surface area contributed by atoms with Crippen molar-refractivity contribution in [2.24, 2.45) is 11.8 Å².